The molecule has 3 aromatic rings. The van der Waals surface area contributed by atoms with Crippen molar-refractivity contribution in [3.05, 3.63) is 71.9 Å². The van der Waals surface area contributed by atoms with Crippen molar-refractivity contribution < 1.29 is 13.7 Å². The maximum absolute atomic E-state index is 13.2. The summed E-state index contributed by atoms with van der Waals surface area (Å²) in [4.78, 5) is 19.7. The van der Waals surface area contributed by atoms with Gasteiger partial charge in [0.05, 0.1) is 0 Å². The highest BCUT2D eigenvalue weighted by molar-refractivity contribution is 5.83. The molecule has 1 aromatic heterocycles. The van der Waals surface area contributed by atoms with E-state index in [2.05, 4.69) is 22.3 Å². The van der Waals surface area contributed by atoms with Crippen LogP contribution in [0.1, 0.15) is 49.1 Å². The summed E-state index contributed by atoms with van der Waals surface area (Å²) < 4.78 is 18.7. The zero-order chi connectivity index (χ0) is 19.8. The Labute approximate surface area is 168 Å². The standard InChI is InChI=1S/C23H22FN3O2/c24-17-11-9-16(10-12-17)21-25-22(29-26-21)20-8-4-5-13-27(20)23(28)19-14-18(19)15-6-2-1-3-7-15/h1-3,6-7,9-12,18-20H,4-5,8,13-14H2. The van der Waals surface area contributed by atoms with Crippen LogP contribution in [0, 0.1) is 11.7 Å². The first-order valence-corrected chi connectivity index (χ1v) is 10.2. The Morgan fingerprint density at radius 2 is 1.86 bits per heavy atom. The number of nitrogens with zero attached hydrogens (tertiary/aromatic N) is 3. The van der Waals surface area contributed by atoms with Crippen LogP contribution in [0.4, 0.5) is 4.39 Å². The van der Waals surface area contributed by atoms with Gasteiger partial charge in [0.1, 0.15) is 11.9 Å². The minimum atomic E-state index is -0.307. The summed E-state index contributed by atoms with van der Waals surface area (Å²) in [6.07, 6.45) is 3.73. The highest BCUT2D eigenvalue weighted by Gasteiger charge is 2.47. The van der Waals surface area contributed by atoms with Gasteiger partial charge in [-0.3, -0.25) is 4.79 Å². The Morgan fingerprint density at radius 3 is 2.66 bits per heavy atom. The van der Waals surface area contributed by atoms with E-state index in [0.29, 0.717) is 23.2 Å². The summed E-state index contributed by atoms with van der Waals surface area (Å²) in [6.45, 7) is 0.718. The lowest BCUT2D eigenvalue weighted by Gasteiger charge is -2.33. The first-order valence-electron chi connectivity index (χ1n) is 10.2. The molecule has 2 heterocycles. The van der Waals surface area contributed by atoms with Gasteiger partial charge in [-0.25, -0.2) is 4.39 Å². The van der Waals surface area contributed by atoms with Crippen molar-refractivity contribution in [2.24, 2.45) is 5.92 Å². The fraction of sp³-hybridized carbons (Fsp3) is 0.348. The van der Waals surface area contributed by atoms with Gasteiger partial charge in [-0.15, -0.1) is 0 Å². The minimum absolute atomic E-state index is 0.0393. The predicted octanol–water partition coefficient (Wildman–Crippen LogP) is 4.73. The molecule has 0 bridgehead atoms. The van der Waals surface area contributed by atoms with Gasteiger partial charge in [-0.1, -0.05) is 35.5 Å². The van der Waals surface area contributed by atoms with E-state index in [0.717, 1.165) is 32.2 Å². The van der Waals surface area contributed by atoms with Crippen molar-refractivity contribution in [1.29, 1.82) is 0 Å². The Hall–Kier alpha value is -3.02. The summed E-state index contributed by atoms with van der Waals surface area (Å²) in [5.74, 6) is 1.12. The second-order valence-electron chi connectivity index (χ2n) is 7.87. The number of amides is 1. The highest BCUT2D eigenvalue weighted by Crippen LogP contribution is 2.49. The molecule has 2 aromatic carbocycles. The van der Waals surface area contributed by atoms with Gasteiger partial charge in [0, 0.05) is 18.0 Å². The van der Waals surface area contributed by atoms with Crippen LogP contribution in [0.25, 0.3) is 11.4 Å². The van der Waals surface area contributed by atoms with E-state index in [-0.39, 0.29) is 23.7 Å². The van der Waals surface area contributed by atoms with Crippen LogP contribution < -0.4 is 0 Å². The van der Waals surface area contributed by atoms with Crippen molar-refractivity contribution in [2.75, 3.05) is 6.54 Å². The van der Waals surface area contributed by atoms with Gasteiger partial charge in [0.25, 0.3) is 0 Å². The average molecular weight is 391 g/mol. The lowest BCUT2D eigenvalue weighted by molar-refractivity contribution is -0.137. The number of piperidine rings is 1. The second-order valence-corrected chi connectivity index (χ2v) is 7.87. The molecule has 6 heteroatoms. The Kier molecular flexibility index (Phi) is 4.62. The van der Waals surface area contributed by atoms with Crippen LogP contribution in [0.15, 0.2) is 59.1 Å². The fourth-order valence-electron chi connectivity index (χ4n) is 4.29. The van der Waals surface area contributed by atoms with Gasteiger partial charge in [-0.05, 0) is 61.4 Å². The van der Waals surface area contributed by atoms with Crippen LogP contribution in [-0.4, -0.2) is 27.5 Å². The van der Waals surface area contributed by atoms with Crippen molar-refractivity contribution in [3.8, 4) is 11.4 Å². The lowest BCUT2D eigenvalue weighted by Crippen LogP contribution is -2.39. The topological polar surface area (TPSA) is 59.2 Å². The molecule has 148 valence electrons. The number of hydrogen-bond acceptors (Lipinski definition) is 4. The van der Waals surface area contributed by atoms with E-state index in [1.54, 1.807) is 12.1 Å². The molecule has 1 saturated carbocycles. The van der Waals surface area contributed by atoms with E-state index < -0.39 is 0 Å². The summed E-state index contributed by atoms with van der Waals surface area (Å²) in [7, 11) is 0. The number of likely N-dealkylation sites (tertiary alicyclic amines) is 1. The molecule has 5 nitrogen and oxygen atoms in total. The van der Waals surface area contributed by atoms with Crippen LogP contribution >= 0.6 is 0 Å². The first kappa shape index (κ1) is 18.0. The van der Waals surface area contributed by atoms with E-state index in [9.17, 15) is 9.18 Å². The Bertz CT molecular complexity index is 1000. The number of carbonyl (C=O) groups excluding carboxylic acids is 1. The van der Waals surface area contributed by atoms with Gasteiger partial charge in [0.2, 0.25) is 17.6 Å². The molecule has 3 atom stereocenters. The smallest absolute Gasteiger partial charge is 0.249 e. The largest absolute Gasteiger partial charge is 0.337 e. The number of benzene rings is 2. The van der Waals surface area contributed by atoms with E-state index in [1.165, 1.54) is 17.7 Å². The van der Waals surface area contributed by atoms with Gasteiger partial charge >= 0.3 is 0 Å². The molecule has 1 amide bonds. The van der Waals surface area contributed by atoms with E-state index >= 15 is 0 Å². The maximum Gasteiger partial charge on any atom is 0.249 e. The molecule has 0 radical (unpaired) electrons. The molecule has 0 spiro atoms. The molecular weight excluding hydrogens is 369 g/mol. The van der Waals surface area contributed by atoms with Crippen molar-refractivity contribution in [1.82, 2.24) is 15.0 Å². The molecule has 3 unspecified atom stereocenters. The van der Waals surface area contributed by atoms with Crippen LogP contribution in [0.2, 0.25) is 0 Å². The lowest BCUT2D eigenvalue weighted by atomic mass is 10.0. The number of hydrogen-bond donors (Lipinski definition) is 0. The minimum Gasteiger partial charge on any atom is -0.337 e. The molecule has 1 saturated heterocycles. The third-order valence-corrected chi connectivity index (χ3v) is 5.95. The molecular formula is C23H22FN3O2. The third-order valence-electron chi connectivity index (χ3n) is 5.95. The van der Waals surface area contributed by atoms with E-state index in [1.807, 2.05) is 23.1 Å². The quantitative estimate of drug-likeness (QED) is 0.645. The molecule has 0 N–H and O–H groups in total. The zero-order valence-corrected chi connectivity index (χ0v) is 16.0. The van der Waals surface area contributed by atoms with Crippen molar-refractivity contribution >= 4 is 5.91 Å². The molecule has 5 rings (SSSR count). The normalized spacial score (nSPS) is 23.8. The summed E-state index contributed by atoms with van der Waals surface area (Å²) >= 11 is 0. The fourth-order valence-corrected chi connectivity index (χ4v) is 4.29. The second kappa shape index (κ2) is 7.43. The molecule has 1 aliphatic carbocycles. The monoisotopic (exact) mass is 391 g/mol. The van der Waals surface area contributed by atoms with Crippen molar-refractivity contribution in [3.63, 3.8) is 0 Å². The third kappa shape index (κ3) is 3.55. The number of carbonyl (C=O) groups is 1. The predicted molar refractivity (Wildman–Crippen MR) is 105 cm³/mol. The first-order chi connectivity index (χ1) is 14.2. The molecule has 29 heavy (non-hydrogen) atoms. The van der Waals surface area contributed by atoms with Gasteiger partial charge in [-0.2, -0.15) is 4.98 Å². The summed E-state index contributed by atoms with van der Waals surface area (Å²) in [5.41, 5.74) is 1.93. The van der Waals surface area contributed by atoms with Crippen molar-refractivity contribution in [2.45, 2.75) is 37.6 Å². The number of rotatable bonds is 4. The van der Waals surface area contributed by atoms with Crippen LogP contribution in [0.5, 0.6) is 0 Å². The average Bonchev–Trinajstić information content (AvgIpc) is 3.43. The van der Waals surface area contributed by atoms with Gasteiger partial charge < -0.3 is 9.42 Å². The molecule has 1 aliphatic heterocycles. The summed E-state index contributed by atoms with van der Waals surface area (Å²) in [6, 6.07) is 16.1. The van der Waals surface area contributed by atoms with Gasteiger partial charge in [0.15, 0.2) is 0 Å². The highest BCUT2D eigenvalue weighted by atomic mass is 19.1. The maximum atomic E-state index is 13.2. The SMILES string of the molecule is O=C(C1CC1c1ccccc1)N1CCCCC1c1nc(-c2ccc(F)cc2)no1. The van der Waals surface area contributed by atoms with Crippen LogP contribution in [-0.2, 0) is 4.79 Å². The van der Waals surface area contributed by atoms with Crippen LogP contribution in [0.3, 0.4) is 0 Å². The Morgan fingerprint density at radius 1 is 1.07 bits per heavy atom. The molecule has 2 aliphatic rings. The number of halogens is 1. The van der Waals surface area contributed by atoms with E-state index in [4.69, 9.17) is 4.52 Å². The number of aromatic nitrogens is 2. The summed E-state index contributed by atoms with van der Waals surface area (Å²) in [5, 5.41) is 4.06. The zero-order valence-electron chi connectivity index (χ0n) is 16.0. The molecule has 2 fully saturated rings. The Balaban J connectivity index is 1.34.